The summed E-state index contributed by atoms with van der Waals surface area (Å²) in [4.78, 5) is 18.0. The molecule has 1 aromatic heterocycles. The first-order valence-corrected chi connectivity index (χ1v) is 6.44. The van der Waals surface area contributed by atoms with E-state index in [1.807, 2.05) is 6.92 Å². The number of H-pyrrole nitrogens is 1. The molecule has 18 heavy (non-hydrogen) atoms. The van der Waals surface area contributed by atoms with E-state index in [0.29, 0.717) is 12.6 Å². The van der Waals surface area contributed by atoms with E-state index < -0.39 is 0 Å². The molecule has 102 valence electrons. The molecule has 6 nitrogen and oxygen atoms in total. The van der Waals surface area contributed by atoms with Gasteiger partial charge in [0.1, 0.15) is 5.82 Å². The molecular weight excluding hydrogens is 230 g/mol. The van der Waals surface area contributed by atoms with E-state index in [0.717, 1.165) is 25.2 Å². The van der Waals surface area contributed by atoms with Crippen LogP contribution in [-0.4, -0.2) is 52.2 Å². The number of nitrogens with zero attached hydrogens (tertiary/aromatic N) is 3. The molecule has 0 saturated carbocycles. The largest absolute Gasteiger partial charge is 0.349 e. The maximum atomic E-state index is 11.7. The summed E-state index contributed by atoms with van der Waals surface area (Å²) in [5, 5.41) is 9.42. The Kier molecular flexibility index (Phi) is 5.77. The Bertz CT molecular complexity index is 374. The third-order valence-electron chi connectivity index (χ3n) is 2.92. The number of aryl methyl sites for hydroxylation is 1. The van der Waals surface area contributed by atoms with E-state index in [1.165, 1.54) is 0 Å². The van der Waals surface area contributed by atoms with Crippen LogP contribution < -0.4 is 5.32 Å². The van der Waals surface area contributed by atoms with Gasteiger partial charge in [0.2, 0.25) is 5.82 Å². The van der Waals surface area contributed by atoms with Crippen LogP contribution >= 0.6 is 0 Å². The SMILES string of the molecule is CCc1nc(C(=O)NCCCN(C)C(C)C)n[nH]1. The van der Waals surface area contributed by atoms with Crippen LogP contribution in [-0.2, 0) is 6.42 Å². The predicted octanol–water partition coefficient (Wildman–Crippen LogP) is 0.827. The van der Waals surface area contributed by atoms with E-state index in [1.54, 1.807) is 0 Å². The molecule has 6 heteroatoms. The van der Waals surface area contributed by atoms with Crippen LogP contribution in [0, 0.1) is 0 Å². The molecule has 0 spiro atoms. The quantitative estimate of drug-likeness (QED) is 0.706. The van der Waals surface area contributed by atoms with Gasteiger partial charge in [0.05, 0.1) is 0 Å². The number of amides is 1. The Balaban J connectivity index is 2.25. The van der Waals surface area contributed by atoms with Gasteiger partial charge >= 0.3 is 0 Å². The molecule has 1 amide bonds. The van der Waals surface area contributed by atoms with Crippen molar-refractivity contribution in [2.45, 2.75) is 39.7 Å². The number of carbonyl (C=O) groups excluding carboxylic acids is 1. The highest BCUT2D eigenvalue weighted by molar-refractivity contribution is 5.90. The average Bonchev–Trinajstić information content (AvgIpc) is 2.82. The van der Waals surface area contributed by atoms with Crippen LogP contribution in [0.15, 0.2) is 0 Å². The second-order valence-corrected chi connectivity index (χ2v) is 4.64. The van der Waals surface area contributed by atoms with E-state index >= 15 is 0 Å². The fraction of sp³-hybridized carbons (Fsp3) is 0.750. The Morgan fingerprint density at radius 3 is 2.78 bits per heavy atom. The van der Waals surface area contributed by atoms with Gasteiger partial charge in [-0.25, -0.2) is 4.98 Å². The monoisotopic (exact) mass is 253 g/mol. The van der Waals surface area contributed by atoms with Crippen molar-refractivity contribution in [3.8, 4) is 0 Å². The minimum atomic E-state index is -0.210. The minimum Gasteiger partial charge on any atom is -0.349 e. The maximum Gasteiger partial charge on any atom is 0.290 e. The number of hydrogen-bond donors (Lipinski definition) is 2. The number of rotatable bonds is 7. The topological polar surface area (TPSA) is 73.9 Å². The standard InChI is InChI=1S/C12H23N5O/c1-5-10-14-11(16-15-10)12(18)13-7-6-8-17(4)9(2)3/h9H,5-8H2,1-4H3,(H,13,18)(H,14,15,16). The average molecular weight is 253 g/mol. The van der Waals surface area contributed by atoms with Gasteiger partial charge in [-0.1, -0.05) is 6.92 Å². The van der Waals surface area contributed by atoms with E-state index in [9.17, 15) is 4.79 Å². The summed E-state index contributed by atoms with van der Waals surface area (Å²) >= 11 is 0. The molecule has 0 saturated heterocycles. The lowest BCUT2D eigenvalue weighted by Gasteiger charge is -2.20. The lowest BCUT2D eigenvalue weighted by Crippen LogP contribution is -2.31. The Morgan fingerprint density at radius 1 is 1.50 bits per heavy atom. The number of hydrogen-bond acceptors (Lipinski definition) is 4. The van der Waals surface area contributed by atoms with Crippen LogP contribution in [0.4, 0.5) is 0 Å². The van der Waals surface area contributed by atoms with Crippen molar-refractivity contribution in [1.29, 1.82) is 0 Å². The zero-order valence-corrected chi connectivity index (χ0v) is 11.7. The lowest BCUT2D eigenvalue weighted by atomic mass is 10.3. The van der Waals surface area contributed by atoms with Gasteiger partial charge in [-0.15, -0.1) is 5.10 Å². The highest BCUT2D eigenvalue weighted by Gasteiger charge is 2.11. The zero-order valence-electron chi connectivity index (χ0n) is 11.7. The highest BCUT2D eigenvalue weighted by atomic mass is 16.2. The van der Waals surface area contributed by atoms with Crippen LogP contribution in [0.1, 0.15) is 43.6 Å². The summed E-state index contributed by atoms with van der Waals surface area (Å²) in [6, 6.07) is 0.529. The summed E-state index contributed by atoms with van der Waals surface area (Å²) in [7, 11) is 2.08. The first-order chi connectivity index (χ1) is 8.54. The second-order valence-electron chi connectivity index (χ2n) is 4.64. The molecule has 1 aromatic rings. The fourth-order valence-corrected chi connectivity index (χ4v) is 1.42. The summed E-state index contributed by atoms with van der Waals surface area (Å²) in [6.45, 7) is 7.87. The highest BCUT2D eigenvalue weighted by Crippen LogP contribution is 1.96. The normalized spacial score (nSPS) is 11.2. The van der Waals surface area contributed by atoms with Crippen LogP contribution in [0.5, 0.6) is 0 Å². The first-order valence-electron chi connectivity index (χ1n) is 6.44. The number of carbonyl (C=O) groups is 1. The molecule has 0 unspecified atom stereocenters. The zero-order chi connectivity index (χ0) is 13.5. The molecule has 2 N–H and O–H groups in total. The number of nitrogens with one attached hydrogen (secondary N) is 2. The Labute approximate surface area is 108 Å². The van der Waals surface area contributed by atoms with Crippen molar-refractivity contribution in [3.05, 3.63) is 11.6 Å². The number of aromatic nitrogens is 3. The van der Waals surface area contributed by atoms with Crippen LogP contribution in [0.25, 0.3) is 0 Å². The van der Waals surface area contributed by atoms with Crippen LogP contribution in [0.3, 0.4) is 0 Å². The van der Waals surface area contributed by atoms with Crippen molar-refractivity contribution in [2.75, 3.05) is 20.1 Å². The molecule has 0 aliphatic rings. The Morgan fingerprint density at radius 2 is 2.22 bits per heavy atom. The van der Waals surface area contributed by atoms with Gasteiger partial charge in [0.15, 0.2) is 0 Å². The van der Waals surface area contributed by atoms with Crippen molar-refractivity contribution in [2.24, 2.45) is 0 Å². The third kappa shape index (κ3) is 4.44. The van der Waals surface area contributed by atoms with Gasteiger partial charge in [-0.2, -0.15) is 0 Å². The lowest BCUT2D eigenvalue weighted by molar-refractivity contribution is 0.0941. The number of aromatic amines is 1. The van der Waals surface area contributed by atoms with Crippen molar-refractivity contribution in [3.63, 3.8) is 0 Å². The van der Waals surface area contributed by atoms with Gasteiger partial charge < -0.3 is 10.2 Å². The van der Waals surface area contributed by atoms with Gasteiger partial charge in [0, 0.05) is 19.0 Å². The second kappa shape index (κ2) is 7.10. The predicted molar refractivity (Wildman–Crippen MR) is 70.5 cm³/mol. The van der Waals surface area contributed by atoms with E-state index in [-0.39, 0.29) is 11.7 Å². The van der Waals surface area contributed by atoms with Crippen molar-refractivity contribution >= 4 is 5.91 Å². The molecule has 1 rings (SSSR count). The van der Waals surface area contributed by atoms with Crippen LogP contribution in [0.2, 0.25) is 0 Å². The smallest absolute Gasteiger partial charge is 0.290 e. The fourth-order valence-electron chi connectivity index (χ4n) is 1.42. The van der Waals surface area contributed by atoms with Gasteiger partial charge in [-0.3, -0.25) is 9.89 Å². The van der Waals surface area contributed by atoms with Gasteiger partial charge in [-0.05, 0) is 33.9 Å². The molecule has 0 radical (unpaired) electrons. The first kappa shape index (κ1) is 14.6. The van der Waals surface area contributed by atoms with Crippen molar-refractivity contribution < 1.29 is 4.79 Å². The molecule has 0 bridgehead atoms. The van der Waals surface area contributed by atoms with Gasteiger partial charge in [0.25, 0.3) is 5.91 Å². The molecule has 0 aliphatic carbocycles. The minimum absolute atomic E-state index is 0.210. The molecule has 1 heterocycles. The summed E-state index contributed by atoms with van der Waals surface area (Å²) in [6.07, 6.45) is 1.67. The van der Waals surface area contributed by atoms with E-state index in [2.05, 4.69) is 46.3 Å². The third-order valence-corrected chi connectivity index (χ3v) is 2.92. The van der Waals surface area contributed by atoms with E-state index in [4.69, 9.17) is 0 Å². The summed E-state index contributed by atoms with van der Waals surface area (Å²) < 4.78 is 0. The Hall–Kier alpha value is -1.43. The molecular formula is C12H23N5O. The van der Waals surface area contributed by atoms with Crippen molar-refractivity contribution in [1.82, 2.24) is 25.4 Å². The molecule has 0 atom stereocenters. The maximum absolute atomic E-state index is 11.7. The summed E-state index contributed by atoms with van der Waals surface area (Å²) in [5.41, 5.74) is 0. The molecule has 0 aromatic carbocycles. The molecule has 0 fully saturated rings. The molecule has 0 aliphatic heterocycles. The summed E-state index contributed by atoms with van der Waals surface area (Å²) in [5.74, 6) is 0.752.